The quantitative estimate of drug-likeness (QED) is 0.367. The molecule has 0 aliphatic carbocycles. The van der Waals surface area contributed by atoms with Crippen LogP contribution in [-0.2, 0) is 16.1 Å². The number of imide groups is 1. The average Bonchev–Trinajstić information content (AvgIpc) is 2.98. The van der Waals surface area contributed by atoms with E-state index in [9.17, 15) is 19.7 Å². The fourth-order valence-corrected chi connectivity index (χ4v) is 3.52. The lowest BCUT2D eigenvalue weighted by Crippen LogP contribution is -2.31. The summed E-state index contributed by atoms with van der Waals surface area (Å²) in [5, 5.41) is 10.6. The molecule has 0 spiro atoms. The number of thioether (sulfide) groups is 1. The van der Waals surface area contributed by atoms with E-state index < -0.39 is 4.92 Å². The number of ether oxygens (including phenoxy) is 2. The molecular weight excluding hydrogens is 396 g/mol. The SMILES string of the molecule is COCCN1C(=O)S/C(=C/c2ccccc2OCc2cccc([N+](=O)[O-])c2)C1=O. The first kappa shape index (κ1) is 20.6. The van der Waals surface area contributed by atoms with Crippen molar-refractivity contribution >= 4 is 34.7 Å². The predicted molar refractivity (Wildman–Crippen MR) is 108 cm³/mol. The number of amides is 2. The highest BCUT2D eigenvalue weighted by molar-refractivity contribution is 8.18. The van der Waals surface area contributed by atoms with Crippen LogP contribution in [0.25, 0.3) is 6.08 Å². The first-order chi connectivity index (χ1) is 14.0. The highest BCUT2D eigenvalue weighted by Crippen LogP contribution is 2.34. The topological polar surface area (TPSA) is 99.0 Å². The van der Waals surface area contributed by atoms with Gasteiger partial charge in [0.05, 0.1) is 23.0 Å². The van der Waals surface area contributed by atoms with E-state index in [1.54, 1.807) is 42.5 Å². The van der Waals surface area contributed by atoms with Crippen LogP contribution >= 0.6 is 11.8 Å². The number of rotatable bonds is 8. The van der Waals surface area contributed by atoms with Gasteiger partial charge in [-0.15, -0.1) is 0 Å². The second-order valence-electron chi connectivity index (χ2n) is 6.08. The molecule has 2 aromatic carbocycles. The van der Waals surface area contributed by atoms with Crippen LogP contribution in [0.15, 0.2) is 53.4 Å². The molecule has 0 radical (unpaired) electrons. The summed E-state index contributed by atoms with van der Waals surface area (Å²) in [5.41, 5.74) is 1.27. The molecule has 0 unspecified atom stereocenters. The Morgan fingerprint density at radius 3 is 2.72 bits per heavy atom. The maximum Gasteiger partial charge on any atom is 0.293 e. The van der Waals surface area contributed by atoms with Gasteiger partial charge in [0.2, 0.25) is 0 Å². The molecule has 0 bridgehead atoms. The van der Waals surface area contributed by atoms with E-state index in [2.05, 4.69) is 0 Å². The van der Waals surface area contributed by atoms with Gasteiger partial charge in [-0.2, -0.15) is 0 Å². The normalized spacial score (nSPS) is 15.2. The third kappa shape index (κ3) is 5.01. The lowest BCUT2D eigenvalue weighted by molar-refractivity contribution is -0.384. The van der Waals surface area contributed by atoms with Crippen molar-refractivity contribution in [2.45, 2.75) is 6.61 Å². The number of para-hydroxylation sites is 1. The van der Waals surface area contributed by atoms with Gasteiger partial charge >= 0.3 is 0 Å². The number of nitro groups is 1. The molecule has 1 fully saturated rings. The maximum atomic E-state index is 12.5. The summed E-state index contributed by atoms with van der Waals surface area (Å²) in [5.74, 6) is 0.133. The van der Waals surface area contributed by atoms with Crippen molar-refractivity contribution in [1.82, 2.24) is 4.90 Å². The zero-order chi connectivity index (χ0) is 20.8. The molecule has 9 heteroatoms. The van der Waals surface area contributed by atoms with Gasteiger partial charge in [0, 0.05) is 24.8 Å². The zero-order valence-electron chi connectivity index (χ0n) is 15.6. The standard InChI is InChI=1S/C20H18N2O6S/c1-27-10-9-21-19(23)18(29-20(21)24)12-15-6-2-3-8-17(15)28-13-14-5-4-7-16(11-14)22(25)26/h2-8,11-12H,9-10,13H2,1H3/b18-12+. The van der Waals surface area contributed by atoms with Crippen molar-refractivity contribution in [1.29, 1.82) is 0 Å². The summed E-state index contributed by atoms with van der Waals surface area (Å²) < 4.78 is 10.7. The van der Waals surface area contributed by atoms with E-state index in [-0.39, 0.29) is 36.6 Å². The highest BCUT2D eigenvalue weighted by Gasteiger charge is 2.34. The fraction of sp³-hybridized carbons (Fsp3) is 0.200. The summed E-state index contributed by atoms with van der Waals surface area (Å²) in [7, 11) is 1.50. The van der Waals surface area contributed by atoms with E-state index in [1.165, 1.54) is 19.2 Å². The molecule has 1 saturated heterocycles. The summed E-state index contributed by atoms with van der Waals surface area (Å²) >= 11 is 0.868. The van der Waals surface area contributed by atoms with Crippen molar-refractivity contribution in [3.63, 3.8) is 0 Å². The largest absolute Gasteiger partial charge is 0.488 e. The number of carbonyl (C=O) groups is 2. The molecule has 0 aromatic heterocycles. The molecule has 1 heterocycles. The molecule has 3 rings (SSSR count). The zero-order valence-corrected chi connectivity index (χ0v) is 16.4. The average molecular weight is 414 g/mol. The lowest BCUT2D eigenvalue weighted by atomic mass is 10.1. The van der Waals surface area contributed by atoms with Gasteiger partial charge in [-0.25, -0.2) is 0 Å². The monoisotopic (exact) mass is 414 g/mol. The Hall–Kier alpha value is -3.17. The third-order valence-electron chi connectivity index (χ3n) is 4.11. The van der Waals surface area contributed by atoms with E-state index in [0.717, 1.165) is 16.7 Å². The summed E-state index contributed by atoms with van der Waals surface area (Å²) in [6.45, 7) is 0.597. The Kier molecular flexibility index (Phi) is 6.63. The Bertz CT molecular complexity index is 975. The minimum absolute atomic E-state index is 0.0101. The van der Waals surface area contributed by atoms with Gasteiger partial charge in [-0.3, -0.25) is 24.6 Å². The van der Waals surface area contributed by atoms with Gasteiger partial charge in [0.1, 0.15) is 12.4 Å². The number of methoxy groups -OCH3 is 1. The Morgan fingerprint density at radius 1 is 1.17 bits per heavy atom. The highest BCUT2D eigenvalue weighted by atomic mass is 32.2. The first-order valence-electron chi connectivity index (χ1n) is 8.69. The lowest BCUT2D eigenvalue weighted by Gasteiger charge is -2.11. The molecule has 2 aromatic rings. The van der Waals surface area contributed by atoms with Crippen LogP contribution in [0.1, 0.15) is 11.1 Å². The number of benzene rings is 2. The summed E-state index contributed by atoms with van der Waals surface area (Å²) in [6, 6.07) is 13.3. The number of nitrogens with zero attached hydrogens (tertiary/aromatic N) is 2. The van der Waals surface area contributed by atoms with Gasteiger partial charge in [-0.05, 0) is 29.5 Å². The molecule has 0 N–H and O–H groups in total. The Morgan fingerprint density at radius 2 is 1.97 bits per heavy atom. The predicted octanol–water partition coefficient (Wildman–Crippen LogP) is 3.86. The first-order valence-corrected chi connectivity index (χ1v) is 9.50. The molecule has 8 nitrogen and oxygen atoms in total. The fourth-order valence-electron chi connectivity index (χ4n) is 2.67. The van der Waals surface area contributed by atoms with Crippen molar-refractivity contribution < 1.29 is 24.0 Å². The Balaban J connectivity index is 1.77. The molecule has 1 aliphatic rings. The molecule has 1 aliphatic heterocycles. The number of non-ortho nitro benzene ring substituents is 1. The van der Waals surface area contributed by atoms with Crippen LogP contribution in [-0.4, -0.2) is 41.2 Å². The van der Waals surface area contributed by atoms with Crippen LogP contribution in [0.4, 0.5) is 10.5 Å². The van der Waals surface area contributed by atoms with E-state index in [0.29, 0.717) is 21.8 Å². The van der Waals surface area contributed by atoms with E-state index >= 15 is 0 Å². The van der Waals surface area contributed by atoms with E-state index in [4.69, 9.17) is 9.47 Å². The molecule has 0 atom stereocenters. The molecule has 0 saturated carbocycles. The van der Waals surface area contributed by atoms with Crippen LogP contribution < -0.4 is 4.74 Å². The van der Waals surface area contributed by atoms with Crippen molar-refractivity contribution in [3.05, 3.63) is 74.7 Å². The van der Waals surface area contributed by atoms with Crippen molar-refractivity contribution in [2.75, 3.05) is 20.3 Å². The van der Waals surface area contributed by atoms with Gasteiger partial charge in [0.15, 0.2) is 0 Å². The number of hydrogen-bond donors (Lipinski definition) is 0. The second-order valence-corrected chi connectivity index (χ2v) is 7.07. The third-order valence-corrected chi connectivity index (χ3v) is 5.02. The summed E-state index contributed by atoms with van der Waals surface area (Å²) in [6.07, 6.45) is 1.61. The minimum atomic E-state index is -0.461. The molecular formula is C20H18N2O6S. The number of nitro benzene ring substituents is 1. The Labute approximate surface area is 171 Å². The molecule has 2 amide bonds. The van der Waals surface area contributed by atoms with Crippen LogP contribution in [0.2, 0.25) is 0 Å². The minimum Gasteiger partial charge on any atom is -0.488 e. The summed E-state index contributed by atoms with van der Waals surface area (Å²) in [4.78, 5) is 36.4. The van der Waals surface area contributed by atoms with Crippen molar-refractivity contribution in [2.24, 2.45) is 0 Å². The smallest absolute Gasteiger partial charge is 0.293 e. The van der Waals surface area contributed by atoms with Gasteiger partial charge in [-0.1, -0.05) is 30.3 Å². The maximum absolute atomic E-state index is 12.5. The van der Waals surface area contributed by atoms with Gasteiger partial charge < -0.3 is 9.47 Å². The van der Waals surface area contributed by atoms with Crippen LogP contribution in [0, 0.1) is 10.1 Å². The van der Waals surface area contributed by atoms with E-state index in [1.807, 2.05) is 0 Å². The van der Waals surface area contributed by atoms with Crippen LogP contribution in [0.3, 0.4) is 0 Å². The van der Waals surface area contributed by atoms with Gasteiger partial charge in [0.25, 0.3) is 16.8 Å². The number of hydrogen-bond acceptors (Lipinski definition) is 7. The number of carbonyl (C=O) groups excluding carboxylic acids is 2. The van der Waals surface area contributed by atoms with Crippen LogP contribution in [0.5, 0.6) is 5.75 Å². The molecule has 150 valence electrons. The van der Waals surface area contributed by atoms with Crippen molar-refractivity contribution in [3.8, 4) is 5.75 Å². The molecule has 29 heavy (non-hydrogen) atoms. The second kappa shape index (κ2) is 9.35.